The molecule has 0 aliphatic carbocycles. The molecule has 0 fully saturated rings. The van der Waals surface area contributed by atoms with Crippen molar-refractivity contribution in [3.8, 4) is 22.3 Å². The van der Waals surface area contributed by atoms with E-state index in [4.69, 9.17) is 0 Å². The molecule has 1 aliphatic heterocycles. The standard InChI is InChI=1S/C41H30N2/c1-27-15-20-39(43-24-27)34-23-33(25-42-26-34)30-18-16-28-17-19-31(22-32(28)21-30)41-37-13-7-5-11-35(37)40(29-9-3-2-4-10-29)36-12-6-8-14-38(36)41/h2-25,42H,26H2,1H3. The number of fused-ring (bicyclic) bond motifs is 3. The van der Waals surface area contributed by atoms with Crippen molar-refractivity contribution in [3.63, 3.8) is 0 Å². The number of benzene rings is 6. The second kappa shape index (κ2) is 10.4. The van der Waals surface area contributed by atoms with E-state index in [2.05, 4.69) is 157 Å². The summed E-state index contributed by atoms with van der Waals surface area (Å²) in [5, 5.41) is 11.0. The van der Waals surface area contributed by atoms with Crippen LogP contribution in [-0.2, 0) is 0 Å². The summed E-state index contributed by atoms with van der Waals surface area (Å²) in [5.74, 6) is 0. The van der Waals surface area contributed by atoms with Crippen LogP contribution >= 0.6 is 0 Å². The summed E-state index contributed by atoms with van der Waals surface area (Å²) in [4.78, 5) is 4.66. The van der Waals surface area contributed by atoms with E-state index in [-0.39, 0.29) is 0 Å². The Balaban J connectivity index is 1.29. The highest BCUT2D eigenvalue weighted by atomic mass is 14.8. The largest absolute Gasteiger partial charge is 0.386 e. The van der Waals surface area contributed by atoms with E-state index in [0.717, 1.165) is 12.2 Å². The van der Waals surface area contributed by atoms with Gasteiger partial charge in [0.1, 0.15) is 0 Å². The first-order valence-electron chi connectivity index (χ1n) is 14.8. The number of aryl methyl sites for hydroxylation is 1. The minimum atomic E-state index is 0.774. The summed E-state index contributed by atoms with van der Waals surface area (Å²) in [6, 6.07) is 46.4. The van der Waals surface area contributed by atoms with E-state index < -0.39 is 0 Å². The first-order valence-corrected chi connectivity index (χ1v) is 14.8. The summed E-state index contributed by atoms with van der Waals surface area (Å²) in [6.07, 6.45) is 6.32. The lowest BCUT2D eigenvalue weighted by Crippen LogP contribution is -2.14. The number of allylic oxidation sites excluding steroid dienone is 2. The molecule has 0 spiro atoms. The number of rotatable bonds is 4. The van der Waals surface area contributed by atoms with Crippen LogP contribution in [0.2, 0.25) is 0 Å². The van der Waals surface area contributed by atoms with Crippen LogP contribution in [0, 0.1) is 6.92 Å². The predicted octanol–water partition coefficient (Wildman–Crippen LogP) is 10.2. The van der Waals surface area contributed by atoms with Crippen LogP contribution in [0.5, 0.6) is 0 Å². The lowest BCUT2D eigenvalue weighted by Gasteiger charge is -2.18. The van der Waals surface area contributed by atoms with Crippen LogP contribution in [0.25, 0.3) is 65.7 Å². The maximum Gasteiger partial charge on any atom is 0.0679 e. The Morgan fingerprint density at radius 3 is 1.81 bits per heavy atom. The topological polar surface area (TPSA) is 24.9 Å². The number of aromatic nitrogens is 1. The fourth-order valence-corrected chi connectivity index (χ4v) is 6.48. The number of pyridine rings is 1. The Morgan fingerprint density at radius 2 is 1.16 bits per heavy atom. The third-order valence-corrected chi connectivity index (χ3v) is 8.58. The first-order chi connectivity index (χ1) is 21.2. The lowest BCUT2D eigenvalue weighted by atomic mass is 9.85. The van der Waals surface area contributed by atoms with E-state index in [0.29, 0.717) is 0 Å². The molecule has 1 aliphatic rings. The van der Waals surface area contributed by atoms with Crippen molar-refractivity contribution >= 4 is 43.5 Å². The summed E-state index contributed by atoms with van der Waals surface area (Å²) >= 11 is 0. The molecule has 2 heteroatoms. The molecule has 0 radical (unpaired) electrons. The molecule has 2 heterocycles. The van der Waals surface area contributed by atoms with Crippen molar-refractivity contribution in [2.75, 3.05) is 6.54 Å². The van der Waals surface area contributed by atoms with E-state index in [1.165, 1.54) is 76.8 Å². The Bertz CT molecular complexity index is 2160. The Labute approximate surface area is 251 Å². The summed E-state index contributed by atoms with van der Waals surface area (Å²) < 4.78 is 0. The van der Waals surface area contributed by atoms with E-state index >= 15 is 0 Å². The van der Waals surface area contributed by atoms with E-state index in [1.54, 1.807) is 0 Å². The normalized spacial score (nSPS) is 13.1. The van der Waals surface area contributed by atoms with Gasteiger partial charge in [-0.05, 0) is 108 Å². The number of nitrogens with one attached hydrogen (secondary N) is 1. The van der Waals surface area contributed by atoms with Crippen molar-refractivity contribution in [3.05, 3.63) is 163 Å². The molecule has 204 valence electrons. The molecule has 0 atom stereocenters. The number of nitrogens with zero attached hydrogens (tertiary/aromatic N) is 1. The highest BCUT2D eigenvalue weighted by Crippen LogP contribution is 2.44. The SMILES string of the molecule is Cc1ccc(C2=CC(c3ccc4ccc(-c5c6ccccc6c(-c6ccccc6)c6ccccc56)cc4c3)=CNC2)nc1. The predicted molar refractivity (Wildman–Crippen MR) is 183 cm³/mol. The molecule has 7 aromatic rings. The first kappa shape index (κ1) is 25.3. The van der Waals surface area contributed by atoms with Gasteiger partial charge >= 0.3 is 0 Å². The average molecular weight is 551 g/mol. The van der Waals surface area contributed by atoms with Crippen LogP contribution in [0.1, 0.15) is 16.8 Å². The second-order valence-corrected chi connectivity index (χ2v) is 11.4. The molecule has 0 saturated carbocycles. The van der Waals surface area contributed by atoms with Crippen LogP contribution < -0.4 is 5.32 Å². The maximum atomic E-state index is 4.66. The fourth-order valence-electron chi connectivity index (χ4n) is 6.48. The van der Waals surface area contributed by atoms with Gasteiger partial charge in [-0.25, -0.2) is 0 Å². The Kier molecular flexibility index (Phi) is 6.12. The zero-order valence-corrected chi connectivity index (χ0v) is 24.0. The highest BCUT2D eigenvalue weighted by Gasteiger charge is 2.17. The number of hydrogen-bond donors (Lipinski definition) is 1. The lowest BCUT2D eigenvalue weighted by molar-refractivity contribution is 0.981. The average Bonchev–Trinajstić information content (AvgIpc) is 3.07. The quantitative estimate of drug-likeness (QED) is 0.221. The minimum Gasteiger partial charge on any atom is -0.386 e. The zero-order valence-electron chi connectivity index (χ0n) is 24.0. The second-order valence-electron chi connectivity index (χ2n) is 11.4. The Morgan fingerprint density at radius 1 is 0.558 bits per heavy atom. The van der Waals surface area contributed by atoms with Gasteiger partial charge in [-0.1, -0.05) is 109 Å². The van der Waals surface area contributed by atoms with Gasteiger partial charge in [0.15, 0.2) is 0 Å². The summed E-state index contributed by atoms with van der Waals surface area (Å²) in [6.45, 7) is 2.85. The molecule has 1 aromatic heterocycles. The highest BCUT2D eigenvalue weighted by molar-refractivity contribution is 6.21. The van der Waals surface area contributed by atoms with Crippen molar-refractivity contribution in [1.82, 2.24) is 10.3 Å². The van der Waals surface area contributed by atoms with E-state index in [9.17, 15) is 0 Å². The van der Waals surface area contributed by atoms with Gasteiger partial charge < -0.3 is 5.32 Å². The molecule has 43 heavy (non-hydrogen) atoms. The number of dihydropyridines is 1. The smallest absolute Gasteiger partial charge is 0.0679 e. The van der Waals surface area contributed by atoms with Gasteiger partial charge in [-0.2, -0.15) is 0 Å². The van der Waals surface area contributed by atoms with E-state index in [1.807, 2.05) is 6.20 Å². The number of hydrogen-bond acceptors (Lipinski definition) is 2. The molecule has 0 amide bonds. The molecule has 0 saturated heterocycles. The minimum absolute atomic E-state index is 0.774. The summed E-state index contributed by atoms with van der Waals surface area (Å²) in [7, 11) is 0. The van der Waals surface area contributed by atoms with Crippen molar-refractivity contribution in [2.45, 2.75) is 6.92 Å². The molecule has 0 bridgehead atoms. The molecule has 8 rings (SSSR count). The molecular weight excluding hydrogens is 520 g/mol. The van der Waals surface area contributed by atoms with Gasteiger partial charge in [-0.15, -0.1) is 0 Å². The zero-order chi connectivity index (χ0) is 28.8. The molecule has 6 aromatic carbocycles. The maximum absolute atomic E-state index is 4.66. The summed E-state index contributed by atoms with van der Waals surface area (Å²) in [5.41, 5.74) is 10.8. The fraction of sp³-hybridized carbons (Fsp3) is 0.0488. The third kappa shape index (κ3) is 4.49. The van der Waals surface area contributed by atoms with Crippen LogP contribution in [0.3, 0.4) is 0 Å². The van der Waals surface area contributed by atoms with Crippen molar-refractivity contribution < 1.29 is 0 Å². The monoisotopic (exact) mass is 550 g/mol. The van der Waals surface area contributed by atoms with Gasteiger partial charge in [0.2, 0.25) is 0 Å². The molecular formula is C41H30N2. The van der Waals surface area contributed by atoms with Crippen LogP contribution in [-0.4, -0.2) is 11.5 Å². The van der Waals surface area contributed by atoms with Gasteiger partial charge in [0.05, 0.1) is 5.69 Å². The third-order valence-electron chi connectivity index (χ3n) is 8.58. The molecule has 0 unspecified atom stereocenters. The van der Waals surface area contributed by atoms with Crippen molar-refractivity contribution in [2.24, 2.45) is 0 Å². The Hall–Kier alpha value is -5.47. The molecule has 1 N–H and O–H groups in total. The van der Waals surface area contributed by atoms with Gasteiger partial charge in [0, 0.05) is 18.9 Å². The van der Waals surface area contributed by atoms with Gasteiger partial charge in [-0.3, -0.25) is 4.98 Å². The van der Waals surface area contributed by atoms with Crippen LogP contribution in [0.4, 0.5) is 0 Å². The molecule has 2 nitrogen and oxygen atoms in total. The van der Waals surface area contributed by atoms with Crippen LogP contribution in [0.15, 0.2) is 146 Å². The van der Waals surface area contributed by atoms with Crippen molar-refractivity contribution in [1.29, 1.82) is 0 Å². The van der Waals surface area contributed by atoms with Gasteiger partial charge in [0.25, 0.3) is 0 Å².